The summed E-state index contributed by atoms with van der Waals surface area (Å²) in [5.41, 5.74) is 1.06. The summed E-state index contributed by atoms with van der Waals surface area (Å²) < 4.78 is 25.0. The van der Waals surface area contributed by atoms with Gasteiger partial charge in [-0.15, -0.1) is 0 Å². The van der Waals surface area contributed by atoms with Gasteiger partial charge in [0, 0.05) is 11.3 Å². The first-order chi connectivity index (χ1) is 9.34. The van der Waals surface area contributed by atoms with Gasteiger partial charge in [0.05, 0.1) is 12.3 Å². The summed E-state index contributed by atoms with van der Waals surface area (Å²) in [6, 6.07) is 6.38. The Labute approximate surface area is 118 Å². The average Bonchev–Trinajstić information content (AvgIpc) is 2.37. The van der Waals surface area contributed by atoms with Gasteiger partial charge in [0.2, 0.25) is 15.9 Å². The Morgan fingerprint density at radius 3 is 2.25 bits per heavy atom. The number of carbonyl (C=O) groups excluding carboxylic acids is 2. The fraction of sp³-hybridized carbons (Fsp3) is 0.385. The highest BCUT2D eigenvalue weighted by Crippen LogP contribution is 2.09. The van der Waals surface area contributed by atoms with E-state index in [-0.39, 0.29) is 18.1 Å². The van der Waals surface area contributed by atoms with Gasteiger partial charge in [-0.05, 0) is 37.6 Å². The van der Waals surface area contributed by atoms with E-state index < -0.39 is 15.9 Å². The van der Waals surface area contributed by atoms with Gasteiger partial charge in [0.1, 0.15) is 0 Å². The van der Waals surface area contributed by atoms with Crippen LogP contribution >= 0.6 is 0 Å². The van der Waals surface area contributed by atoms with Crippen molar-refractivity contribution in [2.24, 2.45) is 0 Å². The molecule has 2 N–H and O–H groups in total. The van der Waals surface area contributed by atoms with E-state index in [1.165, 1.54) is 6.92 Å². The molecule has 0 aliphatic carbocycles. The van der Waals surface area contributed by atoms with E-state index in [1.807, 2.05) is 0 Å². The molecule has 1 aromatic carbocycles. The van der Waals surface area contributed by atoms with Crippen LogP contribution in [0.15, 0.2) is 24.3 Å². The third-order valence-corrected chi connectivity index (χ3v) is 4.03. The van der Waals surface area contributed by atoms with E-state index >= 15 is 0 Å². The normalized spacial score (nSPS) is 11.1. The molecule has 0 aliphatic heterocycles. The lowest BCUT2D eigenvalue weighted by Gasteiger charge is -2.07. The predicted molar refractivity (Wildman–Crippen MR) is 77.2 cm³/mol. The highest BCUT2D eigenvalue weighted by molar-refractivity contribution is 7.89. The summed E-state index contributed by atoms with van der Waals surface area (Å²) in [7, 11) is -3.39. The number of benzene rings is 1. The lowest BCUT2D eigenvalue weighted by Crippen LogP contribution is -2.34. The van der Waals surface area contributed by atoms with Gasteiger partial charge in [-0.2, -0.15) is 0 Å². The molecule has 0 bridgehead atoms. The van der Waals surface area contributed by atoms with Crippen molar-refractivity contribution < 1.29 is 18.0 Å². The molecule has 0 heterocycles. The van der Waals surface area contributed by atoms with Crippen LogP contribution in [0.3, 0.4) is 0 Å². The van der Waals surface area contributed by atoms with Crippen LogP contribution in [0.4, 0.5) is 5.69 Å². The van der Waals surface area contributed by atoms with Crippen molar-refractivity contribution in [3.05, 3.63) is 29.8 Å². The number of Topliss-reactive ketones (excluding diaryl/α,β-unsaturated/α-hetero) is 1. The van der Waals surface area contributed by atoms with Gasteiger partial charge in [-0.3, -0.25) is 9.59 Å². The summed E-state index contributed by atoms with van der Waals surface area (Å²) in [6.45, 7) is 2.89. The molecule has 0 aliphatic rings. The van der Waals surface area contributed by atoms with Crippen molar-refractivity contribution in [3.63, 3.8) is 0 Å². The van der Waals surface area contributed by atoms with Gasteiger partial charge >= 0.3 is 0 Å². The maximum absolute atomic E-state index is 11.6. The molecule has 0 radical (unpaired) electrons. The van der Waals surface area contributed by atoms with E-state index in [2.05, 4.69) is 10.0 Å². The summed E-state index contributed by atoms with van der Waals surface area (Å²) in [5, 5.41) is 2.55. The first kappa shape index (κ1) is 16.3. The third kappa shape index (κ3) is 5.50. The van der Waals surface area contributed by atoms with Gasteiger partial charge in [-0.25, -0.2) is 13.1 Å². The van der Waals surface area contributed by atoms with Crippen molar-refractivity contribution in [2.75, 3.05) is 17.6 Å². The fourth-order valence-corrected chi connectivity index (χ4v) is 2.54. The molecular weight excluding hydrogens is 280 g/mol. The zero-order valence-corrected chi connectivity index (χ0v) is 12.3. The largest absolute Gasteiger partial charge is 0.325 e. The second-order valence-electron chi connectivity index (χ2n) is 4.32. The Morgan fingerprint density at radius 1 is 1.15 bits per heavy atom. The quantitative estimate of drug-likeness (QED) is 0.739. The van der Waals surface area contributed by atoms with Gasteiger partial charge in [0.25, 0.3) is 0 Å². The number of rotatable bonds is 7. The molecule has 20 heavy (non-hydrogen) atoms. The fourth-order valence-electron chi connectivity index (χ4n) is 1.51. The molecule has 6 nitrogen and oxygen atoms in total. The van der Waals surface area contributed by atoms with Crippen LogP contribution in [-0.4, -0.2) is 32.4 Å². The van der Waals surface area contributed by atoms with Crippen molar-refractivity contribution in [1.29, 1.82) is 0 Å². The Bertz CT molecular complexity index is 579. The molecule has 0 aromatic heterocycles. The third-order valence-electron chi connectivity index (χ3n) is 2.50. The smallest absolute Gasteiger partial charge is 0.239 e. The van der Waals surface area contributed by atoms with Crippen LogP contribution in [-0.2, 0) is 14.8 Å². The van der Waals surface area contributed by atoms with Crippen molar-refractivity contribution in [2.45, 2.75) is 20.3 Å². The standard InChI is InChI=1S/C13H18N2O4S/c1-3-8-20(18,19)14-9-13(17)15-12-6-4-11(5-7-12)10(2)16/h4-7,14H,3,8-9H2,1-2H3,(H,15,17). The maximum Gasteiger partial charge on any atom is 0.239 e. The Balaban J connectivity index is 2.52. The average molecular weight is 298 g/mol. The number of hydrogen-bond acceptors (Lipinski definition) is 4. The molecule has 0 saturated carbocycles. The summed E-state index contributed by atoms with van der Waals surface area (Å²) in [5.74, 6) is -0.524. The molecule has 1 aromatic rings. The summed E-state index contributed by atoms with van der Waals surface area (Å²) >= 11 is 0. The zero-order chi connectivity index (χ0) is 15.2. The van der Waals surface area contributed by atoms with Crippen LogP contribution in [0.1, 0.15) is 30.6 Å². The molecule has 0 spiro atoms. The number of amides is 1. The second kappa shape index (κ2) is 7.16. The van der Waals surface area contributed by atoms with Gasteiger partial charge in [-0.1, -0.05) is 6.92 Å². The number of carbonyl (C=O) groups is 2. The minimum absolute atomic E-state index is 0.00636. The summed E-state index contributed by atoms with van der Waals surface area (Å²) in [6.07, 6.45) is 0.490. The number of hydrogen-bond donors (Lipinski definition) is 2. The van der Waals surface area contributed by atoms with Crippen molar-refractivity contribution in [3.8, 4) is 0 Å². The van der Waals surface area contributed by atoms with Crippen LogP contribution < -0.4 is 10.0 Å². The highest BCUT2D eigenvalue weighted by Gasteiger charge is 2.11. The number of nitrogens with one attached hydrogen (secondary N) is 2. The van der Waals surface area contributed by atoms with Crippen LogP contribution in [0.5, 0.6) is 0 Å². The maximum atomic E-state index is 11.6. The Hall–Kier alpha value is -1.73. The molecule has 7 heteroatoms. The minimum atomic E-state index is -3.39. The van der Waals surface area contributed by atoms with E-state index in [0.717, 1.165) is 0 Å². The van der Waals surface area contributed by atoms with E-state index in [9.17, 15) is 18.0 Å². The molecule has 110 valence electrons. The topological polar surface area (TPSA) is 92.3 Å². The number of ketones is 1. The SMILES string of the molecule is CCCS(=O)(=O)NCC(=O)Nc1ccc(C(C)=O)cc1. The molecule has 0 unspecified atom stereocenters. The van der Waals surface area contributed by atoms with E-state index in [4.69, 9.17) is 0 Å². The second-order valence-corrected chi connectivity index (χ2v) is 6.25. The van der Waals surface area contributed by atoms with Gasteiger partial charge in [0.15, 0.2) is 5.78 Å². The molecular formula is C13H18N2O4S. The number of sulfonamides is 1. The van der Waals surface area contributed by atoms with E-state index in [1.54, 1.807) is 31.2 Å². The first-order valence-electron chi connectivity index (χ1n) is 6.22. The summed E-state index contributed by atoms with van der Waals surface area (Å²) in [4.78, 5) is 22.7. The highest BCUT2D eigenvalue weighted by atomic mass is 32.2. The first-order valence-corrected chi connectivity index (χ1v) is 7.87. The minimum Gasteiger partial charge on any atom is -0.325 e. The van der Waals surface area contributed by atoms with E-state index in [0.29, 0.717) is 17.7 Å². The lowest BCUT2D eigenvalue weighted by atomic mass is 10.1. The van der Waals surface area contributed by atoms with Gasteiger partial charge < -0.3 is 5.32 Å². The Morgan fingerprint density at radius 2 is 1.75 bits per heavy atom. The van der Waals surface area contributed by atoms with Crippen LogP contribution in [0.25, 0.3) is 0 Å². The molecule has 0 fully saturated rings. The zero-order valence-electron chi connectivity index (χ0n) is 11.5. The Kier molecular flexibility index (Phi) is 5.84. The lowest BCUT2D eigenvalue weighted by molar-refractivity contribution is -0.115. The van der Waals surface area contributed by atoms with Crippen molar-refractivity contribution in [1.82, 2.24) is 4.72 Å². The predicted octanol–water partition coefficient (Wildman–Crippen LogP) is 1.16. The monoisotopic (exact) mass is 298 g/mol. The van der Waals surface area contributed by atoms with Crippen LogP contribution in [0, 0.1) is 0 Å². The molecule has 1 rings (SSSR count). The van der Waals surface area contributed by atoms with Crippen LogP contribution in [0.2, 0.25) is 0 Å². The molecule has 0 atom stereocenters. The molecule has 1 amide bonds. The van der Waals surface area contributed by atoms with Crippen molar-refractivity contribution >= 4 is 27.4 Å². The molecule has 0 saturated heterocycles. The number of anilines is 1.